The first-order chi connectivity index (χ1) is 13.3. The summed E-state index contributed by atoms with van der Waals surface area (Å²) in [4.78, 5) is 16.5. The fourth-order valence-electron chi connectivity index (χ4n) is 3.75. The van der Waals surface area contributed by atoms with Gasteiger partial charge in [-0.1, -0.05) is 30.3 Å². The van der Waals surface area contributed by atoms with Gasteiger partial charge in [0.2, 0.25) is 0 Å². The highest BCUT2D eigenvalue weighted by molar-refractivity contribution is 5.93. The third kappa shape index (κ3) is 3.58. The number of anilines is 1. The Labute approximate surface area is 160 Å². The lowest BCUT2D eigenvalue weighted by atomic mass is 9.97. The highest BCUT2D eigenvalue weighted by Crippen LogP contribution is 2.43. The summed E-state index contributed by atoms with van der Waals surface area (Å²) in [6.07, 6.45) is -4.63. The van der Waals surface area contributed by atoms with Crippen LogP contribution in [0.15, 0.2) is 36.4 Å². The number of hydrogen-bond acceptors (Lipinski definition) is 4. The van der Waals surface area contributed by atoms with Crippen molar-refractivity contribution in [3.05, 3.63) is 47.7 Å². The highest BCUT2D eigenvalue weighted by Gasteiger charge is 2.47. The third-order valence-corrected chi connectivity index (χ3v) is 5.40. The van der Waals surface area contributed by atoms with Crippen molar-refractivity contribution in [1.29, 1.82) is 0 Å². The molecule has 0 spiro atoms. The molecule has 2 aliphatic heterocycles. The number of likely N-dealkylation sites (N-methyl/N-ethyl adjacent to an activating group) is 1. The maximum Gasteiger partial charge on any atom is 0.410 e. The zero-order valence-corrected chi connectivity index (χ0v) is 15.5. The van der Waals surface area contributed by atoms with Crippen molar-refractivity contribution >= 4 is 11.7 Å². The average Bonchev–Trinajstić information content (AvgIpc) is 3.11. The molecule has 1 fully saturated rings. The van der Waals surface area contributed by atoms with E-state index in [0.29, 0.717) is 13.1 Å². The summed E-state index contributed by atoms with van der Waals surface area (Å²) in [5.41, 5.74) is 0.825. The van der Waals surface area contributed by atoms with Crippen LogP contribution >= 0.6 is 0 Å². The third-order valence-electron chi connectivity index (χ3n) is 5.40. The second-order valence-electron chi connectivity index (χ2n) is 7.36. The Hall–Kier alpha value is -2.55. The first-order valence-corrected chi connectivity index (χ1v) is 9.28. The topological polar surface area (TPSA) is 53.4 Å². The number of aromatic nitrogens is 2. The van der Waals surface area contributed by atoms with Crippen LogP contribution in [0.25, 0.3) is 0 Å². The van der Waals surface area contributed by atoms with Crippen LogP contribution in [0.1, 0.15) is 34.6 Å². The molecule has 0 radical (unpaired) electrons. The van der Waals surface area contributed by atoms with Gasteiger partial charge in [0.15, 0.2) is 11.7 Å². The Morgan fingerprint density at radius 2 is 1.82 bits per heavy atom. The van der Waals surface area contributed by atoms with E-state index >= 15 is 0 Å². The largest absolute Gasteiger partial charge is 0.410 e. The first-order valence-electron chi connectivity index (χ1n) is 9.28. The first kappa shape index (κ1) is 18.8. The summed E-state index contributed by atoms with van der Waals surface area (Å²) in [6, 6.07) is 8.19. The molecule has 4 rings (SSSR count). The van der Waals surface area contributed by atoms with E-state index in [2.05, 4.69) is 15.3 Å². The lowest BCUT2D eigenvalue weighted by Gasteiger charge is -2.33. The molecule has 1 aromatic heterocycles. The average molecular weight is 393 g/mol. The van der Waals surface area contributed by atoms with Gasteiger partial charge in [-0.2, -0.15) is 18.3 Å². The predicted molar refractivity (Wildman–Crippen MR) is 98.1 cm³/mol. The molecule has 1 saturated heterocycles. The lowest BCUT2D eigenvalue weighted by molar-refractivity contribution is -0.173. The number of halogens is 3. The number of nitrogens with one attached hydrogen (secondary N) is 1. The van der Waals surface area contributed by atoms with Crippen LogP contribution in [0.5, 0.6) is 0 Å². The van der Waals surface area contributed by atoms with Crippen molar-refractivity contribution in [3.63, 3.8) is 0 Å². The molecule has 3 heterocycles. The highest BCUT2D eigenvalue weighted by atomic mass is 19.4. The molecule has 0 saturated carbocycles. The van der Waals surface area contributed by atoms with Gasteiger partial charge in [-0.25, -0.2) is 4.68 Å². The maximum absolute atomic E-state index is 13.7. The molecule has 0 unspecified atom stereocenters. The quantitative estimate of drug-likeness (QED) is 0.853. The zero-order valence-electron chi connectivity index (χ0n) is 15.5. The molecule has 6 nitrogen and oxygen atoms in total. The second kappa shape index (κ2) is 7.12. The minimum absolute atomic E-state index is 0.0509. The van der Waals surface area contributed by atoms with Crippen LogP contribution in [0.2, 0.25) is 0 Å². The molecule has 1 aromatic carbocycles. The molecule has 2 aromatic rings. The normalized spacial score (nSPS) is 23.2. The number of benzene rings is 1. The van der Waals surface area contributed by atoms with E-state index in [0.717, 1.165) is 23.3 Å². The van der Waals surface area contributed by atoms with E-state index < -0.39 is 18.3 Å². The molecule has 0 aliphatic carbocycles. The summed E-state index contributed by atoms with van der Waals surface area (Å²) in [7, 11) is 1.97. The van der Waals surface area contributed by atoms with Gasteiger partial charge in [-0.05, 0) is 12.6 Å². The Morgan fingerprint density at radius 3 is 2.46 bits per heavy atom. The molecule has 2 atom stereocenters. The Kier molecular flexibility index (Phi) is 4.78. The van der Waals surface area contributed by atoms with Crippen LogP contribution in [-0.2, 0) is 0 Å². The minimum atomic E-state index is -4.45. The number of rotatable bonds is 2. The summed E-state index contributed by atoms with van der Waals surface area (Å²) >= 11 is 0. The van der Waals surface area contributed by atoms with Crippen molar-refractivity contribution in [3.8, 4) is 0 Å². The maximum atomic E-state index is 13.7. The molecule has 28 heavy (non-hydrogen) atoms. The van der Waals surface area contributed by atoms with Crippen molar-refractivity contribution in [2.75, 3.05) is 38.5 Å². The van der Waals surface area contributed by atoms with E-state index in [1.165, 1.54) is 6.07 Å². The summed E-state index contributed by atoms with van der Waals surface area (Å²) < 4.78 is 42.1. The van der Waals surface area contributed by atoms with Crippen molar-refractivity contribution < 1.29 is 18.0 Å². The molecule has 0 bridgehead atoms. The van der Waals surface area contributed by atoms with Gasteiger partial charge in [0.25, 0.3) is 5.91 Å². The molecule has 1 N–H and O–H groups in total. The smallest absolute Gasteiger partial charge is 0.363 e. The van der Waals surface area contributed by atoms with Gasteiger partial charge in [-0.3, -0.25) is 4.79 Å². The Bertz CT molecular complexity index is 843. The van der Waals surface area contributed by atoms with E-state index in [-0.39, 0.29) is 23.8 Å². The minimum Gasteiger partial charge on any atom is -0.363 e. The number of piperazine rings is 1. The van der Waals surface area contributed by atoms with Crippen molar-refractivity contribution in [2.24, 2.45) is 0 Å². The zero-order chi connectivity index (χ0) is 19.9. The van der Waals surface area contributed by atoms with Crippen LogP contribution in [0.3, 0.4) is 0 Å². The standard InChI is InChI=1S/C19H22F3N5O/c1-25-7-9-26(10-8-25)18(28)15-12-17-23-14(13-5-3-2-4-6-13)11-16(19(20,21)22)27(17)24-15/h2-6,12,14,16,23H,7-11H2,1H3/t14-,16+/m1/s1. The monoisotopic (exact) mass is 393 g/mol. The molecular formula is C19H22F3N5O. The molecular weight excluding hydrogens is 371 g/mol. The number of nitrogens with zero attached hydrogens (tertiary/aromatic N) is 4. The molecule has 1 amide bonds. The second-order valence-corrected chi connectivity index (χ2v) is 7.36. The van der Waals surface area contributed by atoms with Gasteiger partial charge >= 0.3 is 6.18 Å². The van der Waals surface area contributed by atoms with E-state index in [9.17, 15) is 18.0 Å². The molecule has 150 valence electrons. The number of amides is 1. The SMILES string of the molecule is CN1CCN(C(=O)c2cc3n(n2)[C@H](C(F)(F)F)C[C@H](c2ccccc2)N3)CC1. The number of fused-ring (bicyclic) bond motifs is 1. The van der Waals surface area contributed by atoms with Gasteiger partial charge in [0.1, 0.15) is 5.82 Å². The number of carbonyl (C=O) groups excluding carboxylic acids is 1. The summed E-state index contributed by atoms with van der Waals surface area (Å²) in [5.74, 6) is -0.103. The summed E-state index contributed by atoms with van der Waals surface area (Å²) in [5, 5.41) is 7.17. The van der Waals surface area contributed by atoms with Gasteiger partial charge in [-0.15, -0.1) is 0 Å². The van der Waals surface area contributed by atoms with Crippen LogP contribution in [0.4, 0.5) is 19.0 Å². The van der Waals surface area contributed by atoms with Gasteiger partial charge in [0.05, 0.1) is 6.04 Å². The van der Waals surface area contributed by atoms with Crippen LogP contribution < -0.4 is 5.32 Å². The van der Waals surface area contributed by atoms with Gasteiger partial charge in [0, 0.05) is 38.7 Å². The van der Waals surface area contributed by atoms with Crippen molar-refractivity contribution in [2.45, 2.75) is 24.7 Å². The fraction of sp³-hybridized carbons (Fsp3) is 0.474. The summed E-state index contributed by atoms with van der Waals surface area (Å²) in [6.45, 7) is 2.55. The Balaban J connectivity index is 1.63. The van der Waals surface area contributed by atoms with E-state index in [1.807, 2.05) is 13.1 Å². The number of hydrogen-bond donors (Lipinski definition) is 1. The number of carbonyl (C=O) groups is 1. The van der Waals surface area contributed by atoms with Gasteiger partial charge < -0.3 is 15.1 Å². The van der Waals surface area contributed by atoms with E-state index in [1.54, 1.807) is 29.2 Å². The van der Waals surface area contributed by atoms with Crippen LogP contribution in [-0.4, -0.2) is 64.9 Å². The predicted octanol–water partition coefficient (Wildman–Crippen LogP) is 2.93. The van der Waals surface area contributed by atoms with Crippen molar-refractivity contribution in [1.82, 2.24) is 19.6 Å². The van der Waals surface area contributed by atoms with E-state index in [4.69, 9.17) is 0 Å². The fourth-order valence-corrected chi connectivity index (χ4v) is 3.75. The Morgan fingerprint density at radius 1 is 1.14 bits per heavy atom. The van der Waals surface area contributed by atoms with Crippen LogP contribution in [0, 0.1) is 0 Å². The lowest BCUT2D eigenvalue weighted by Crippen LogP contribution is -2.47. The molecule has 2 aliphatic rings. The number of alkyl halides is 3. The molecule has 9 heteroatoms.